The van der Waals surface area contributed by atoms with Crippen LogP contribution in [0, 0.1) is 6.92 Å². The summed E-state index contributed by atoms with van der Waals surface area (Å²) >= 11 is 12.3. The molecule has 0 radical (unpaired) electrons. The molecule has 0 aliphatic rings. The molecule has 0 saturated carbocycles. The molecule has 4 nitrogen and oxygen atoms in total. The standard InChI is InChI=1S/C14H15Cl2N3O/c1-7(2)9-5-11(8(3)4-10(9)15)20-14-12(16)13(17)18-6-19-14/h4-7H,1-3H3,(H2,17,18,19). The van der Waals surface area contributed by atoms with E-state index < -0.39 is 0 Å². The summed E-state index contributed by atoms with van der Waals surface area (Å²) in [6.07, 6.45) is 1.31. The SMILES string of the molecule is Cc1cc(Cl)c(C(C)C)cc1Oc1ncnc(N)c1Cl. The van der Waals surface area contributed by atoms with E-state index in [0.29, 0.717) is 5.75 Å². The lowest BCUT2D eigenvalue weighted by Gasteiger charge is -2.14. The Balaban J connectivity index is 2.43. The minimum atomic E-state index is 0.187. The molecule has 20 heavy (non-hydrogen) atoms. The van der Waals surface area contributed by atoms with E-state index >= 15 is 0 Å². The highest BCUT2D eigenvalue weighted by atomic mass is 35.5. The maximum atomic E-state index is 6.23. The number of nitrogens with two attached hydrogens (primary N) is 1. The highest BCUT2D eigenvalue weighted by Crippen LogP contribution is 2.35. The van der Waals surface area contributed by atoms with Gasteiger partial charge in [-0.1, -0.05) is 37.0 Å². The lowest BCUT2D eigenvalue weighted by Crippen LogP contribution is -1.98. The van der Waals surface area contributed by atoms with Gasteiger partial charge in [-0.15, -0.1) is 0 Å². The number of aryl methyl sites for hydroxylation is 1. The van der Waals surface area contributed by atoms with E-state index in [2.05, 4.69) is 23.8 Å². The van der Waals surface area contributed by atoms with Crippen LogP contribution in [0.25, 0.3) is 0 Å². The van der Waals surface area contributed by atoms with Gasteiger partial charge in [0.25, 0.3) is 0 Å². The Kier molecular flexibility index (Phi) is 4.35. The van der Waals surface area contributed by atoms with Gasteiger partial charge in [0.2, 0.25) is 5.88 Å². The first-order chi connectivity index (χ1) is 9.40. The van der Waals surface area contributed by atoms with Gasteiger partial charge in [0.15, 0.2) is 0 Å². The van der Waals surface area contributed by atoms with Gasteiger partial charge in [0.1, 0.15) is 22.9 Å². The molecule has 2 aromatic rings. The topological polar surface area (TPSA) is 61.0 Å². The summed E-state index contributed by atoms with van der Waals surface area (Å²) in [5.74, 6) is 1.36. The molecule has 0 aliphatic heterocycles. The second kappa shape index (κ2) is 5.85. The van der Waals surface area contributed by atoms with Gasteiger partial charge < -0.3 is 10.5 Å². The molecule has 2 N–H and O–H groups in total. The fourth-order valence-corrected chi connectivity index (χ4v) is 2.34. The van der Waals surface area contributed by atoms with Crippen LogP contribution in [0.1, 0.15) is 30.9 Å². The van der Waals surface area contributed by atoms with E-state index in [1.54, 1.807) is 0 Å². The number of nitrogen functional groups attached to an aromatic ring is 1. The largest absolute Gasteiger partial charge is 0.437 e. The van der Waals surface area contributed by atoms with E-state index in [1.807, 2.05) is 19.1 Å². The zero-order valence-corrected chi connectivity index (χ0v) is 13.0. The van der Waals surface area contributed by atoms with Crippen molar-refractivity contribution in [2.45, 2.75) is 26.7 Å². The number of benzene rings is 1. The van der Waals surface area contributed by atoms with Gasteiger partial charge in [0, 0.05) is 5.02 Å². The molecular formula is C14H15Cl2N3O. The molecule has 0 fully saturated rings. The monoisotopic (exact) mass is 311 g/mol. The second-order valence-corrected chi connectivity index (χ2v) is 5.56. The van der Waals surface area contributed by atoms with Crippen LogP contribution in [-0.4, -0.2) is 9.97 Å². The summed E-state index contributed by atoms with van der Waals surface area (Å²) in [4.78, 5) is 7.79. The highest BCUT2D eigenvalue weighted by Gasteiger charge is 2.14. The molecule has 0 aliphatic carbocycles. The number of halogens is 2. The number of anilines is 1. The third-order valence-electron chi connectivity index (χ3n) is 2.91. The quantitative estimate of drug-likeness (QED) is 0.900. The van der Waals surface area contributed by atoms with E-state index in [0.717, 1.165) is 16.1 Å². The van der Waals surface area contributed by atoms with E-state index in [4.69, 9.17) is 33.7 Å². The minimum Gasteiger partial charge on any atom is -0.437 e. The smallest absolute Gasteiger partial charge is 0.243 e. The maximum Gasteiger partial charge on any atom is 0.243 e. The van der Waals surface area contributed by atoms with Crippen molar-refractivity contribution in [2.75, 3.05) is 5.73 Å². The summed E-state index contributed by atoms with van der Waals surface area (Å²) in [6.45, 7) is 6.04. The Morgan fingerprint density at radius 1 is 1.20 bits per heavy atom. The molecule has 1 aromatic carbocycles. The molecule has 2 rings (SSSR count). The van der Waals surface area contributed by atoms with Crippen molar-refractivity contribution in [1.29, 1.82) is 0 Å². The van der Waals surface area contributed by atoms with Gasteiger partial charge in [-0.3, -0.25) is 0 Å². The molecule has 0 spiro atoms. The Hall–Kier alpha value is -1.52. The first kappa shape index (κ1) is 14.9. The van der Waals surface area contributed by atoms with Crippen molar-refractivity contribution in [3.8, 4) is 11.6 Å². The number of hydrogen-bond donors (Lipinski definition) is 1. The summed E-state index contributed by atoms with van der Waals surface area (Å²) in [6, 6.07) is 3.77. The summed E-state index contributed by atoms with van der Waals surface area (Å²) in [5, 5.41) is 0.922. The molecular weight excluding hydrogens is 297 g/mol. The fraction of sp³-hybridized carbons (Fsp3) is 0.286. The van der Waals surface area contributed by atoms with Crippen LogP contribution in [-0.2, 0) is 0 Å². The highest BCUT2D eigenvalue weighted by molar-refractivity contribution is 6.34. The van der Waals surface area contributed by atoms with Crippen LogP contribution in [0.5, 0.6) is 11.6 Å². The van der Waals surface area contributed by atoms with Crippen LogP contribution in [0.3, 0.4) is 0 Å². The first-order valence-electron chi connectivity index (χ1n) is 6.14. The van der Waals surface area contributed by atoms with Crippen LogP contribution >= 0.6 is 23.2 Å². The Bertz CT molecular complexity index is 645. The summed E-state index contributed by atoms with van der Waals surface area (Å²) in [7, 11) is 0. The minimum absolute atomic E-state index is 0.187. The second-order valence-electron chi connectivity index (χ2n) is 4.77. The molecule has 0 amide bonds. The average molecular weight is 312 g/mol. The van der Waals surface area contributed by atoms with Crippen molar-refractivity contribution in [3.05, 3.63) is 39.6 Å². The third kappa shape index (κ3) is 2.97. The average Bonchev–Trinajstić information content (AvgIpc) is 2.37. The molecule has 6 heteroatoms. The zero-order valence-electron chi connectivity index (χ0n) is 11.4. The molecule has 0 bridgehead atoms. The molecule has 106 valence electrons. The normalized spacial score (nSPS) is 10.9. The van der Waals surface area contributed by atoms with E-state index in [1.165, 1.54) is 6.33 Å². The van der Waals surface area contributed by atoms with Gasteiger partial charge in [-0.05, 0) is 36.1 Å². The van der Waals surface area contributed by atoms with Gasteiger partial charge in [-0.25, -0.2) is 4.98 Å². The summed E-state index contributed by atoms with van der Waals surface area (Å²) < 4.78 is 5.74. The van der Waals surface area contributed by atoms with Gasteiger partial charge in [0.05, 0.1) is 0 Å². The number of rotatable bonds is 3. The van der Waals surface area contributed by atoms with Crippen LogP contribution in [0.2, 0.25) is 10.0 Å². The van der Waals surface area contributed by atoms with Crippen LogP contribution in [0.15, 0.2) is 18.5 Å². The predicted molar refractivity (Wildman–Crippen MR) is 81.8 cm³/mol. The van der Waals surface area contributed by atoms with E-state index in [-0.39, 0.29) is 22.6 Å². The third-order valence-corrected chi connectivity index (χ3v) is 3.59. The number of ether oxygens (including phenoxy) is 1. The van der Waals surface area contributed by atoms with Crippen molar-refractivity contribution in [3.63, 3.8) is 0 Å². The van der Waals surface area contributed by atoms with Crippen molar-refractivity contribution >= 4 is 29.0 Å². The number of aromatic nitrogens is 2. The van der Waals surface area contributed by atoms with Gasteiger partial charge >= 0.3 is 0 Å². The summed E-state index contributed by atoms with van der Waals surface area (Å²) in [5.41, 5.74) is 7.53. The zero-order chi connectivity index (χ0) is 14.9. The van der Waals surface area contributed by atoms with Crippen LogP contribution < -0.4 is 10.5 Å². The van der Waals surface area contributed by atoms with Gasteiger partial charge in [-0.2, -0.15) is 4.98 Å². The van der Waals surface area contributed by atoms with Crippen LogP contribution in [0.4, 0.5) is 5.82 Å². The predicted octanol–water partition coefficient (Wildman–Crippen LogP) is 4.59. The Morgan fingerprint density at radius 3 is 2.55 bits per heavy atom. The van der Waals surface area contributed by atoms with Crippen molar-refractivity contribution in [2.24, 2.45) is 0 Å². The number of nitrogens with zero attached hydrogens (tertiary/aromatic N) is 2. The maximum absolute atomic E-state index is 6.23. The first-order valence-corrected chi connectivity index (χ1v) is 6.89. The van der Waals surface area contributed by atoms with Crippen molar-refractivity contribution in [1.82, 2.24) is 9.97 Å². The molecule has 0 saturated heterocycles. The lowest BCUT2D eigenvalue weighted by molar-refractivity contribution is 0.458. The lowest BCUT2D eigenvalue weighted by atomic mass is 10.0. The molecule has 0 unspecified atom stereocenters. The fourth-order valence-electron chi connectivity index (χ4n) is 1.76. The molecule has 1 aromatic heterocycles. The number of hydrogen-bond acceptors (Lipinski definition) is 4. The molecule has 0 atom stereocenters. The Labute approximate surface area is 127 Å². The van der Waals surface area contributed by atoms with Crippen molar-refractivity contribution < 1.29 is 4.74 Å². The van der Waals surface area contributed by atoms with E-state index in [9.17, 15) is 0 Å². The Morgan fingerprint density at radius 2 is 1.90 bits per heavy atom. The molecule has 1 heterocycles.